The first-order chi connectivity index (χ1) is 11.4. The van der Waals surface area contributed by atoms with Gasteiger partial charge in [0.2, 0.25) is 5.91 Å². The molecule has 0 atom stereocenters. The topological polar surface area (TPSA) is 75.5 Å². The van der Waals surface area contributed by atoms with Crippen molar-refractivity contribution in [2.45, 2.75) is 20.4 Å². The van der Waals surface area contributed by atoms with Crippen molar-refractivity contribution in [1.29, 1.82) is 0 Å². The van der Waals surface area contributed by atoms with Crippen LogP contribution in [-0.4, -0.2) is 29.3 Å². The molecule has 0 bridgehead atoms. The molecule has 24 heavy (non-hydrogen) atoms. The standard InChI is InChI=1S/C18H21N3O3/c1-13-7-6-8-14(2)18(13)19-17(22)12-20(3)11-15-9-4-5-10-16(15)21(23)24/h4-10H,11-12H2,1-3H3,(H,19,22). The van der Waals surface area contributed by atoms with Crippen LogP contribution in [0.5, 0.6) is 0 Å². The van der Waals surface area contributed by atoms with Gasteiger partial charge in [-0.05, 0) is 32.0 Å². The van der Waals surface area contributed by atoms with Crippen LogP contribution in [0, 0.1) is 24.0 Å². The Bertz CT molecular complexity index is 739. The number of nitro benzene ring substituents is 1. The fourth-order valence-electron chi connectivity index (χ4n) is 2.61. The highest BCUT2D eigenvalue weighted by molar-refractivity contribution is 5.93. The normalized spacial score (nSPS) is 10.7. The maximum atomic E-state index is 12.2. The average molecular weight is 327 g/mol. The minimum absolute atomic E-state index is 0.0690. The number of hydrogen-bond donors (Lipinski definition) is 1. The lowest BCUT2D eigenvalue weighted by Crippen LogP contribution is -2.30. The first-order valence-electron chi connectivity index (χ1n) is 7.65. The maximum Gasteiger partial charge on any atom is 0.273 e. The molecule has 6 nitrogen and oxygen atoms in total. The van der Waals surface area contributed by atoms with Crippen LogP contribution in [-0.2, 0) is 11.3 Å². The highest BCUT2D eigenvalue weighted by Gasteiger charge is 2.16. The van der Waals surface area contributed by atoms with Crippen LogP contribution < -0.4 is 5.32 Å². The molecule has 126 valence electrons. The van der Waals surface area contributed by atoms with Crippen molar-refractivity contribution in [3.8, 4) is 0 Å². The van der Waals surface area contributed by atoms with Gasteiger partial charge >= 0.3 is 0 Å². The summed E-state index contributed by atoms with van der Waals surface area (Å²) in [6, 6.07) is 12.4. The first-order valence-corrected chi connectivity index (χ1v) is 7.65. The smallest absolute Gasteiger partial charge is 0.273 e. The number of rotatable bonds is 6. The first kappa shape index (κ1) is 17.6. The number of benzene rings is 2. The third kappa shape index (κ3) is 4.39. The van der Waals surface area contributed by atoms with E-state index < -0.39 is 4.92 Å². The van der Waals surface area contributed by atoms with E-state index in [-0.39, 0.29) is 18.1 Å². The Labute approximate surface area is 141 Å². The van der Waals surface area contributed by atoms with Crippen molar-refractivity contribution in [2.75, 3.05) is 18.9 Å². The van der Waals surface area contributed by atoms with Gasteiger partial charge < -0.3 is 5.32 Å². The van der Waals surface area contributed by atoms with E-state index in [1.165, 1.54) is 6.07 Å². The van der Waals surface area contributed by atoms with Gasteiger partial charge in [0, 0.05) is 23.9 Å². The number of amides is 1. The number of anilines is 1. The molecule has 0 saturated carbocycles. The van der Waals surface area contributed by atoms with Crippen LogP contribution in [0.2, 0.25) is 0 Å². The second-order valence-electron chi connectivity index (χ2n) is 5.87. The molecule has 0 saturated heterocycles. The van der Waals surface area contributed by atoms with Gasteiger partial charge in [-0.15, -0.1) is 0 Å². The van der Waals surface area contributed by atoms with Crippen LogP contribution in [0.25, 0.3) is 0 Å². The summed E-state index contributed by atoms with van der Waals surface area (Å²) in [6.07, 6.45) is 0. The maximum absolute atomic E-state index is 12.2. The molecule has 0 aliphatic carbocycles. The fourth-order valence-corrected chi connectivity index (χ4v) is 2.61. The van der Waals surface area contributed by atoms with Crippen molar-refractivity contribution >= 4 is 17.3 Å². The van der Waals surface area contributed by atoms with Gasteiger partial charge in [-0.1, -0.05) is 36.4 Å². The minimum Gasteiger partial charge on any atom is -0.324 e. The molecule has 6 heteroatoms. The van der Waals surface area contributed by atoms with E-state index in [1.54, 1.807) is 30.1 Å². The Morgan fingerprint density at radius 1 is 1.12 bits per heavy atom. The molecular weight excluding hydrogens is 306 g/mol. The van der Waals surface area contributed by atoms with Crippen LogP contribution in [0.4, 0.5) is 11.4 Å². The highest BCUT2D eigenvalue weighted by Crippen LogP contribution is 2.20. The molecule has 2 rings (SSSR count). The molecule has 0 heterocycles. The molecule has 2 aromatic carbocycles. The lowest BCUT2D eigenvalue weighted by Gasteiger charge is -2.17. The van der Waals surface area contributed by atoms with Gasteiger partial charge in [0.25, 0.3) is 5.69 Å². The number of likely N-dealkylation sites (N-methyl/N-ethyl adjacent to an activating group) is 1. The number of carbonyl (C=O) groups is 1. The lowest BCUT2D eigenvalue weighted by molar-refractivity contribution is -0.385. The zero-order chi connectivity index (χ0) is 17.7. The number of nitrogens with one attached hydrogen (secondary N) is 1. The van der Waals surface area contributed by atoms with Crippen LogP contribution in [0.3, 0.4) is 0 Å². The summed E-state index contributed by atoms with van der Waals surface area (Å²) in [5.74, 6) is -0.145. The van der Waals surface area contributed by atoms with Gasteiger partial charge in [0.1, 0.15) is 0 Å². The van der Waals surface area contributed by atoms with Gasteiger partial charge in [-0.2, -0.15) is 0 Å². The molecule has 0 spiro atoms. The van der Waals surface area contributed by atoms with E-state index in [0.717, 1.165) is 16.8 Å². The van der Waals surface area contributed by atoms with E-state index in [9.17, 15) is 14.9 Å². The second kappa shape index (κ2) is 7.70. The number of carbonyl (C=O) groups excluding carboxylic acids is 1. The summed E-state index contributed by atoms with van der Waals surface area (Å²) in [5, 5.41) is 14.0. The third-order valence-electron chi connectivity index (χ3n) is 3.79. The van der Waals surface area contributed by atoms with E-state index in [4.69, 9.17) is 0 Å². The van der Waals surface area contributed by atoms with Crippen molar-refractivity contribution < 1.29 is 9.72 Å². The summed E-state index contributed by atoms with van der Waals surface area (Å²) in [4.78, 5) is 24.7. The van der Waals surface area contributed by atoms with Gasteiger partial charge in [0.05, 0.1) is 11.5 Å². The second-order valence-corrected chi connectivity index (χ2v) is 5.87. The largest absolute Gasteiger partial charge is 0.324 e. The molecule has 0 aliphatic heterocycles. The van der Waals surface area contributed by atoms with E-state index >= 15 is 0 Å². The Balaban J connectivity index is 2.01. The minimum atomic E-state index is -0.403. The highest BCUT2D eigenvalue weighted by atomic mass is 16.6. The molecule has 0 radical (unpaired) electrons. The fraction of sp³-hybridized carbons (Fsp3) is 0.278. The van der Waals surface area contributed by atoms with Crippen molar-refractivity contribution in [2.24, 2.45) is 0 Å². The van der Waals surface area contributed by atoms with E-state index in [2.05, 4.69) is 5.32 Å². The predicted octanol–water partition coefficient (Wildman–Crippen LogP) is 3.28. The van der Waals surface area contributed by atoms with E-state index in [0.29, 0.717) is 12.1 Å². The van der Waals surface area contributed by atoms with Crippen molar-refractivity contribution in [3.05, 3.63) is 69.3 Å². The van der Waals surface area contributed by atoms with E-state index in [1.807, 2.05) is 32.0 Å². The quantitative estimate of drug-likeness (QED) is 0.652. The summed E-state index contributed by atoms with van der Waals surface area (Å²) in [6.45, 7) is 4.37. The Hall–Kier alpha value is -2.73. The molecule has 0 unspecified atom stereocenters. The third-order valence-corrected chi connectivity index (χ3v) is 3.79. The van der Waals surface area contributed by atoms with Crippen LogP contribution in [0.15, 0.2) is 42.5 Å². The van der Waals surface area contributed by atoms with Gasteiger partial charge in [-0.3, -0.25) is 19.8 Å². The van der Waals surface area contributed by atoms with Gasteiger partial charge in [0.15, 0.2) is 0 Å². The summed E-state index contributed by atoms with van der Waals surface area (Å²) in [5.41, 5.74) is 3.49. The number of nitrogens with zero attached hydrogens (tertiary/aromatic N) is 2. The molecule has 1 amide bonds. The van der Waals surface area contributed by atoms with Crippen molar-refractivity contribution in [3.63, 3.8) is 0 Å². The Kier molecular flexibility index (Phi) is 5.65. The predicted molar refractivity (Wildman–Crippen MR) is 94.0 cm³/mol. The molecule has 0 aromatic heterocycles. The van der Waals surface area contributed by atoms with Crippen LogP contribution in [0.1, 0.15) is 16.7 Å². The molecule has 0 aliphatic rings. The molecule has 2 aromatic rings. The van der Waals surface area contributed by atoms with Crippen LogP contribution >= 0.6 is 0 Å². The average Bonchev–Trinajstić information content (AvgIpc) is 2.51. The number of aryl methyl sites for hydroxylation is 2. The Morgan fingerprint density at radius 2 is 1.75 bits per heavy atom. The molecule has 0 fully saturated rings. The number of hydrogen-bond acceptors (Lipinski definition) is 4. The lowest BCUT2D eigenvalue weighted by atomic mass is 10.1. The summed E-state index contributed by atoms with van der Waals surface area (Å²) in [7, 11) is 1.76. The SMILES string of the molecule is Cc1cccc(C)c1NC(=O)CN(C)Cc1ccccc1[N+](=O)[O-]. The monoisotopic (exact) mass is 327 g/mol. The van der Waals surface area contributed by atoms with Crippen molar-refractivity contribution in [1.82, 2.24) is 4.90 Å². The zero-order valence-corrected chi connectivity index (χ0v) is 14.1. The Morgan fingerprint density at radius 3 is 2.38 bits per heavy atom. The molecular formula is C18H21N3O3. The zero-order valence-electron chi connectivity index (χ0n) is 14.1. The summed E-state index contributed by atoms with van der Waals surface area (Å²) < 4.78 is 0. The number of nitro groups is 1. The summed E-state index contributed by atoms with van der Waals surface area (Å²) >= 11 is 0. The number of para-hydroxylation sites is 2. The van der Waals surface area contributed by atoms with Gasteiger partial charge in [-0.25, -0.2) is 0 Å². The molecule has 1 N–H and O–H groups in total.